The van der Waals surface area contributed by atoms with E-state index in [0.717, 1.165) is 11.1 Å². The van der Waals surface area contributed by atoms with Crippen LogP contribution < -0.4 is 4.74 Å². The van der Waals surface area contributed by atoms with E-state index in [1.54, 1.807) is 29.1 Å². The van der Waals surface area contributed by atoms with Gasteiger partial charge in [-0.15, -0.1) is 0 Å². The van der Waals surface area contributed by atoms with Gasteiger partial charge in [0.15, 0.2) is 0 Å². The van der Waals surface area contributed by atoms with Gasteiger partial charge in [0.25, 0.3) is 0 Å². The summed E-state index contributed by atoms with van der Waals surface area (Å²) in [5, 5.41) is 13.2. The molecular weight excluding hydrogens is 232 g/mol. The van der Waals surface area contributed by atoms with Gasteiger partial charge in [-0.3, -0.25) is 4.68 Å². The molecule has 0 atom stereocenters. The highest BCUT2D eigenvalue weighted by atomic mass is 16.5. The third-order valence-electron chi connectivity index (χ3n) is 2.60. The number of hydrogen-bond acceptors (Lipinski definition) is 3. The van der Waals surface area contributed by atoms with Crippen LogP contribution in [0.4, 0.5) is 0 Å². The first-order chi connectivity index (χ1) is 8.60. The quantitative estimate of drug-likeness (QED) is 0.895. The second-order valence-electron chi connectivity index (χ2n) is 4.06. The summed E-state index contributed by atoms with van der Waals surface area (Å²) in [7, 11) is 1.46. The molecule has 5 heteroatoms. The number of rotatable bonds is 4. The van der Waals surface area contributed by atoms with Crippen LogP contribution in [0.25, 0.3) is 0 Å². The molecule has 0 aliphatic rings. The van der Waals surface area contributed by atoms with E-state index in [0.29, 0.717) is 12.3 Å². The Labute approximate surface area is 105 Å². The molecule has 0 radical (unpaired) electrons. The van der Waals surface area contributed by atoms with Gasteiger partial charge in [0, 0.05) is 6.20 Å². The van der Waals surface area contributed by atoms with Gasteiger partial charge in [0.05, 0.1) is 19.9 Å². The van der Waals surface area contributed by atoms with Crippen LogP contribution in [0, 0.1) is 6.92 Å². The minimum atomic E-state index is -0.992. The van der Waals surface area contributed by atoms with Gasteiger partial charge < -0.3 is 9.84 Å². The van der Waals surface area contributed by atoms with Crippen molar-refractivity contribution in [2.24, 2.45) is 0 Å². The molecule has 5 nitrogen and oxygen atoms in total. The Kier molecular flexibility index (Phi) is 3.32. The highest BCUT2D eigenvalue weighted by Crippen LogP contribution is 2.20. The minimum Gasteiger partial charge on any atom is -0.496 e. The predicted octanol–water partition coefficient (Wildman–Crippen LogP) is 1.95. The maximum Gasteiger partial charge on any atom is 0.339 e. The summed E-state index contributed by atoms with van der Waals surface area (Å²) in [6.45, 7) is 2.56. The van der Waals surface area contributed by atoms with Crippen LogP contribution in [0.15, 0.2) is 30.6 Å². The zero-order valence-corrected chi connectivity index (χ0v) is 10.3. The Morgan fingerprint density at radius 1 is 1.50 bits per heavy atom. The van der Waals surface area contributed by atoms with Crippen LogP contribution in [0.5, 0.6) is 5.75 Å². The Hall–Kier alpha value is -2.30. The monoisotopic (exact) mass is 246 g/mol. The number of nitrogens with zero attached hydrogens (tertiary/aromatic N) is 2. The third kappa shape index (κ3) is 2.51. The lowest BCUT2D eigenvalue weighted by atomic mass is 10.1. The standard InChI is InChI=1S/C13H14N2O3/c1-9-6-14-15(7-9)8-10-3-4-11(13(16)17)12(5-10)18-2/h3-7H,8H2,1-2H3,(H,16,17). The summed E-state index contributed by atoms with van der Waals surface area (Å²) in [6.07, 6.45) is 3.71. The van der Waals surface area contributed by atoms with Crippen molar-refractivity contribution >= 4 is 5.97 Å². The van der Waals surface area contributed by atoms with Crippen LogP contribution in [0.3, 0.4) is 0 Å². The van der Waals surface area contributed by atoms with Crippen molar-refractivity contribution in [1.29, 1.82) is 0 Å². The molecule has 1 heterocycles. The summed E-state index contributed by atoms with van der Waals surface area (Å²) in [6, 6.07) is 5.04. The van der Waals surface area contributed by atoms with E-state index in [1.165, 1.54) is 7.11 Å². The zero-order valence-electron chi connectivity index (χ0n) is 10.3. The van der Waals surface area contributed by atoms with E-state index in [4.69, 9.17) is 9.84 Å². The van der Waals surface area contributed by atoms with Crippen molar-refractivity contribution in [3.05, 3.63) is 47.3 Å². The summed E-state index contributed by atoms with van der Waals surface area (Å²) < 4.78 is 6.88. The number of ether oxygens (including phenoxy) is 1. The number of aromatic nitrogens is 2. The van der Waals surface area contributed by atoms with Crippen LogP contribution in [-0.4, -0.2) is 28.0 Å². The zero-order chi connectivity index (χ0) is 13.1. The van der Waals surface area contributed by atoms with Gasteiger partial charge in [-0.05, 0) is 30.2 Å². The fourth-order valence-electron chi connectivity index (χ4n) is 1.75. The van der Waals surface area contributed by atoms with Crippen molar-refractivity contribution in [1.82, 2.24) is 9.78 Å². The van der Waals surface area contributed by atoms with E-state index in [2.05, 4.69) is 5.10 Å². The maximum atomic E-state index is 11.0. The molecule has 2 aromatic rings. The third-order valence-corrected chi connectivity index (χ3v) is 2.60. The maximum absolute atomic E-state index is 11.0. The minimum absolute atomic E-state index is 0.165. The molecule has 1 N–H and O–H groups in total. The summed E-state index contributed by atoms with van der Waals surface area (Å²) in [5.74, 6) is -0.628. The van der Waals surface area contributed by atoms with Crippen LogP contribution >= 0.6 is 0 Å². The molecule has 94 valence electrons. The Morgan fingerprint density at radius 2 is 2.28 bits per heavy atom. The summed E-state index contributed by atoms with van der Waals surface area (Å²) in [5.41, 5.74) is 2.20. The Bertz CT molecular complexity index is 575. The molecule has 0 saturated carbocycles. The Balaban J connectivity index is 2.27. The first kappa shape index (κ1) is 12.2. The van der Waals surface area contributed by atoms with Crippen LogP contribution in [0.1, 0.15) is 21.5 Å². The van der Waals surface area contributed by atoms with Gasteiger partial charge in [-0.1, -0.05) is 6.07 Å². The second-order valence-corrected chi connectivity index (χ2v) is 4.06. The number of carboxylic acid groups (broad SMARTS) is 1. The number of aromatic carboxylic acids is 1. The van der Waals surface area contributed by atoms with Crippen molar-refractivity contribution in [3.63, 3.8) is 0 Å². The topological polar surface area (TPSA) is 64.4 Å². The van der Waals surface area contributed by atoms with Gasteiger partial charge >= 0.3 is 5.97 Å². The highest BCUT2D eigenvalue weighted by Gasteiger charge is 2.11. The van der Waals surface area contributed by atoms with Crippen molar-refractivity contribution < 1.29 is 14.6 Å². The molecular formula is C13H14N2O3. The number of carboxylic acids is 1. The smallest absolute Gasteiger partial charge is 0.339 e. The number of hydrogen-bond donors (Lipinski definition) is 1. The molecule has 18 heavy (non-hydrogen) atoms. The number of carbonyl (C=O) groups is 1. The SMILES string of the molecule is COc1cc(Cn2cc(C)cn2)ccc1C(=O)O. The van der Waals surface area contributed by atoms with E-state index >= 15 is 0 Å². The normalized spacial score (nSPS) is 10.3. The molecule has 0 fully saturated rings. The van der Waals surface area contributed by atoms with Gasteiger partial charge in [-0.2, -0.15) is 5.10 Å². The predicted molar refractivity (Wildman–Crippen MR) is 66.0 cm³/mol. The lowest BCUT2D eigenvalue weighted by Crippen LogP contribution is -2.04. The molecule has 0 aliphatic carbocycles. The number of aryl methyl sites for hydroxylation is 1. The fraction of sp³-hybridized carbons (Fsp3) is 0.231. The summed E-state index contributed by atoms with van der Waals surface area (Å²) in [4.78, 5) is 11.0. The molecule has 0 amide bonds. The lowest BCUT2D eigenvalue weighted by Gasteiger charge is -2.08. The highest BCUT2D eigenvalue weighted by molar-refractivity contribution is 5.90. The molecule has 1 aromatic heterocycles. The number of benzene rings is 1. The molecule has 2 rings (SSSR count). The van der Waals surface area contributed by atoms with E-state index < -0.39 is 5.97 Å². The van der Waals surface area contributed by atoms with Crippen LogP contribution in [-0.2, 0) is 6.54 Å². The molecule has 0 saturated heterocycles. The van der Waals surface area contributed by atoms with Crippen molar-refractivity contribution in [2.45, 2.75) is 13.5 Å². The number of methoxy groups -OCH3 is 1. The van der Waals surface area contributed by atoms with Crippen molar-refractivity contribution in [2.75, 3.05) is 7.11 Å². The molecule has 0 aliphatic heterocycles. The van der Waals surface area contributed by atoms with Gasteiger partial charge in [0.1, 0.15) is 11.3 Å². The average molecular weight is 246 g/mol. The molecule has 0 spiro atoms. The summed E-state index contributed by atoms with van der Waals surface area (Å²) >= 11 is 0. The van der Waals surface area contributed by atoms with Gasteiger partial charge in [0.2, 0.25) is 0 Å². The van der Waals surface area contributed by atoms with E-state index in [-0.39, 0.29) is 5.56 Å². The molecule has 0 unspecified atom stereocenters. The fourth-order valence-corrected chi connectivity index (χ4v) is 1.75. The average Bonchev–Trinajstić information content (AvgIpc) is 2.74. The first-order valence-electron chi connectivity index (χ1n) is 5.49. The Morgan fingerprint density at radius 3 is 2.83 bits per heavy atom. The second kappa shape index (κ2) is 4.91. The van der Waals surface area contributed by atoms with Crippen molar-refractivity contribution in [3.8, 4) is 5.75 Å². The molecule has 1 aromatic carbocycles. The van der Waals surface area contributed by atoms with E-state index in [1.807, 2.05) is 13.1 Å². The largest absolute Gasteiger partial charge is 0.496 e. The van der Waals surface area contributed by atoms with Crippen LogP contribution in [0.2, 0.25) is 0 Å². The van der Waals surface area contributed by atoms with Gasteiger partial charge in [-0.25, -0.2) is 4.79 Å². The lowest BCUT2D eigenvalue weighted by molar-refractivity contribution is 0.0693. The molecule has 0 bridgehead atoms. The van der Waals surface area contributed by atoms with E-state index in [9.17, 15) is 4.79 Å². The first-order valence-corrected chi connectivity index (χ1v) is 5.49.